The predicted octanol–water partition coefficient (Wildman–Crippen LogP) is 7.04. The number of carbonyl (C=O) groups excluding carboxylic acids is 3. The fourth-order valence-electron chi connectivity index (χ4n) is 6.59. The lowest BCUT2D eigenvalue weighted by atomic mass is 9.63. The van der Waals surface area contributed by atoms with Crippen molar-refractivity contribution in [1.82, 2.24) is 4.90 Å². The molecule has 0 bridgehead atoms. The maximum atomic E-state index is 14.5. The van der Waals surface area contributed by atoms with Gasteiger partial charge in [0.15, 0.2) is 11.6 Å². The van der Waals surface area contributed by atoms with Gasteiger partial charge in [-0.1, -0.05) is 71.7 Å². The Bertz CT molecular complexity index is 1720. The van der Waals surface area contributed by atoms with Gasteiger partial charge >= 0.3 is 0 Å². The maximum absolute atomic E-state index is 14.5. The zero-order chi connectivity index (χ0) is 26.9. The number of fused-ring (bicyclic) bond motifs is 6. The first-order valence-corrected chi connectivity index (χ1v) is 14.1. The maximum Gasteiger partial charge on any atom is 0.238 e. The lowest BCUT2D eigenvalue weighted by molar-refractivity contribution is -0.122. The summed E-state index contributed by atoms with van der Waals surface area (Å²) in [5.41, 5.74) is 2.07. The summed E-state index contributed by atoms with van der Waals surface area (Å²) in [4.78, 5) is 45.8. The number of anilines is 1. The summed E-state index contributed by atoms with van der Waals surface area (Å²) in [5.74, 6) is -1.91. The number of halogens is 2. The zero-order valence-corrected chi connectivity index (χ0v) is 22.6. The highest BCUT2D eigenvalue weighted by atomic mass is 35.5. The number of rotatable bonds is 4. The van der Waals surface area contributed by atoms with Crippen molar-refractivity contribution < 1.29 is 14.4 Å². The van der Waals surface area contributed by atoms with Gasteiger partial charge in [-0.2, -0.15) is 0 Å². The van der Waals surface area contributed by atoms with E-state index < -0.39 is 23.4 Å². The molecule has 3 aromatic carbocycles. The average Bonchev–Trinajstić information content (AvgIpc) is 3.65. The first kappa shape index (κ1) is 24.3. The molecule has 7 rings (SSSR count). The lowest BCUT2D eigenvalue weighted by Gasteiger charge is -2.38. The van der Waals surface area contributed by atoms with Crippen molar-refractivity contribution in [3.63, 3.8) is 0 Å². The summed E-state index contributed by atoms with van der Waals surface area (Å²) in [6, 6.07) is 21.9. The van der Waals surface area contributed by atoms with Crippen molar-refractivity contribution in [2.75, 3.05) is 5.32 Å². The SMILES string of the molecule is O=C(c1ccc(Cl)cc1Cl)[C@@H]1[C@H](C(=O)c2cccs2)[C@]2(C(=O)Nc3ccccc32)[C@@H]2c3ccccc3C=CN12. The molecule has 1 aromatic heterocycles. The molecular weight excluding hydrogens is 551 g/mol. The Morgan fingerprint density at radius 3 is 2.51 bits per heavy atom. The van der Waals surface area contributed by atoms with Gasteiger partial charge < -0.3 is 10.2 Å². The standard InChI is InChI=1S/C31H20Cl2N2O3S/c32-18-11-12-20(22(33)16-18)27(36)26-25(28(37)24-10-5-15-39-24)31(21-8-3-4-9-23(21)34-30(31)38)29-19-7-2-1-6-17(19)13-14-35(26)29/h1-16,25-26,29H,(H,34,38)/t25-,26+,29+,31+/m1/s1. The third-order valence-corrected chi connectivity index (χ3v) is 9.51. The summed E-state index contributed by atoms with van der Waals surface area (Å²) in [7, 11) is 0. The minimum absolute atomic E-state index is 0.199. The fraction of sp³-hybridized carbons (Fsp3) is 0.129. The fourth-order valence-corrected chi connectivity index (χ4v) is 7.79. The summed E-state index contributed by atoms with van der Waals surface area (Å²) in [6.07, 6.45) is 3.77. The number of hydrogen-bond acceptors (Lipinski definition) is 5. The lowest BCUT2D eigenvalue weighted by Crippen LogP contribution is -2.49. The highest BCUT2D eigenvalue weighted by Gasteiger charge is 2.70. The van der Waals surface area contributed by atoms with Crippen LogP contribution in [-0.2, 0) is 10.2 Å². The van der Waals surface area contributed by atoms with Crippen molar-refractivity contribution in [3.8, 4) is 0 Å². The van der Waals surface area contributed by atoms with Gasteiger partial charge in [0, 0.05) is 22.5 Å². The van der Waals surface area contributed by atoms with Crippen LogP contribution in [0.3, 0.4) is 0 Å². The van der Waals surface area contributed by atoms with E-state index in [1.165, 1.54) is 17.4 Å². The van der Waals surface area contributed by atoms with E-state index in [-0.39, 0.29) is 28.1 Å². The van der Waals surface area contributed by atoms with E-state index in [1.807, 2.05) is 71.1 Å². The number of thiophene rings is 1. The highest BCUT2D eigenvalue weighted by Crippen LogP contribution is 2.62. The molecule has 0 radical (unpaired) electrons. The molecule has 1 fully saturated rings. The van der Waals surface area contributed by atoms with E-state index in [0.717, 1.165) is 11.1 Å². The van der Waals surface area contributed by atoms with Crippen molar-refractivity contribution in [1.29, 1.82) is 0 Å². The molecule has 0 unspecified atom stereocenters. The van der Waals surface area contributed by atoms with Crippen LogP contribution < -0.4 is 5.32 Å². The molecule has 3 aliphatic heterocycles. The zero-order valence-electron chi connectivity index (χ0n) is 20.3. The molecular formula is C31H20Cl2N2O3S. The third-order valence-electron chi connectivity index (χ3n) is 8.08. The second-order valence-corrected chi connectivity index (χ2v) is 11.7. The minimum atomic E-state index is -1.36. The highest BCUT2D eigenvalue weighted by molar-refractivity contribution is 7.12. The third kappa shape index (κ3) is 3.35. The van der Waals surface area contributed by atoms with Crippen LogP contribution in [0.25, 0.3) is 6.08 Å². The summed E-state index contributed by atoms with van der Waals surface area (Å²) >= 11 is 14.0. The molecule has 1 saturated heterocycles. The number of carbonyl (C=O) groups is 3. The molecule has 4 aromatic rings. The number of Topliss-reactive ketones (excluding diaryl/α,β-unsaturated/α-hetero) is 2. The summed E-state index contributed by atoms with van der Waals surface area (Å²) in [6.45, 7) is 0. The van der Waals surface area contributed by atoms with Gasteiger partial charge in [0.2, 0.25) is 5.91 Å². The van der Waals surface area contributed by atoms with Gasteiger partial charge in [-0.15, -0.1) is 11.3 Å². The summed E-state index contributed by atoms with van der Waals surface area (Å²) in [5, 5.41) is 5.48. The Balaban J connectivity index is 1.55. The number of hydrogen-bond donors (Lipinski definition) is 1. The quantitative estimate of drug-likeness (QED) is 0.267. The molecule has 0 saturated carbocycles. The smallest absolute Gasteiger partial charge is 0.238 e. The number of nitrogens with one attached hydrogen (secondary N) is 1. The number of nitrogens with zero attached hydrogens (tertiary/aromatic N) is 1. The minimum Gasteiger partial charge on any atom is -0.358 e. The number of benzene rings is 3. The van der Waals surface area contributed by atoms with Crippen LogP contribution in [-0.4, -0.2) is 28.4 Å². The van der Waals surface area contributed by atoms with Gasteiger partial charge in [0.05, 0.1) is 21.9 Å². The van der Waals surface area contributed by atoms with Gasteiger partial charge in [-0.3, -0.25) is 14.4 Å². The van der Waals surface area contributed by atoms with Gasteiger partial charge in [-0.25, -0.2) is 0 Å². The number of amides is 1. The summed E-state index contributed by atoms with van der Waals surface area (Å²) < 4.78 is 0. The Hall–Kier alpha value is -3.71. The van der Waals surface area contributed by atoms with E-state index in [2.05, 4.69) is 5.32 Å². The van der Waals surface area contributed by atoms with E-state index in [0.29, 0.717) is 21.2 Å². The molecule has 0 aliphatic carbocycles. The van der Waals surface area contributed by atoms with Crippen LogP contribution in [0.15, 0.2) is 90.4 Å². The van der Waals surface area contributed by atoms with Crippen LogP contribution in [0.4, 0.5) is 5.69 Å². The molecule has 5 nitrogen and oxygen atoms in total. The van der Waals surface area contributed by atoms with Crippen LogP contribution in [0.1, 0.15) is 42.8 Å². The van der Waals surface area contributed by atoms with Crippen LogP contribution in [0.5, 0.6) is 0 Å². The molecule has 4 atom stereocenters. The van der Waals surface area contributed by atoms with E-state index in [9.17, 15) is 14.4 Å². The Morgan fingerprint density at radius 2 is 1.72 bits per heavy atom. The topological polar surface area (TPSA) is 66.5 Å². The Morgan fingerprint density at radius 1 is 0.923 bits per heavy atom. The van der Waals surface area contributed by atoms with Crippen LogP contribution in [0.2, 0.25) is 10.0 Å². The number of ketones is 2. The molecule has 1 N–H and O–H groups in total. The molecule has 1 amide bonds. The van der Waals surface area contributed by atoms with E-state index >= 15 is 0 Å². The van der Waals surface area contributed by atoms with Crippen LogP contribution in [0, 0.1) is 5.92 Å². The second kappa shape index (κ2) is 8.91. The van der Waals surface area contributed by atoms with Gasteiger partial charge in [-0.05, 0) is 58.5 Å². The Kier molecular flexibility index (Phi) is 5.56. The number of para-hydroxylation sites is 1. The van der Waals surface area contributed by atoms with Crippen LogP contribution >= 0.6 is 34.5 Å². The monoisotopic (exact) mass is 570 g/mol. The molecule has 8 heteroatoms. The van der Waals surface area contributed by atoms with Crippen molar-refractivity contribution in [3.05, 3.63) is 128 Å². The van der Waals surface area contributed by atoms with E-state index in [4.69, 9.17) is 23.2 Å². The van der Waals surface area contributed by atoms with Gasteiger partial charge in [0.1, 0.15) is 11.5 Å². The normalized spacial score (nSPS) is 24.3. The molecule has 4 heterocycles. The molecule has 39 heavy (non-hydrogen) atoms. The van der Waals surface area contributed by atoms with Gasteiger partial charge in [0.25, 0.3) is 0 Å². The first-order valence-electron chi connectivity index (χ1n) is 12.5. The van der Waals surface area contributed by atoms with Crippen molar-refractivity contribution >= 4 is 63.8 Å². The first-order chi connectivity index (χ1) is 18.9. The molecule has 1 spiro atoms. The molecule has 192 valence electrons. The predicted molar refractivity (Wildman–Crippen MR) is 154 cm³/mol. The van der Waals surface area contributed by atoms with Crippen molar-refractivity contribution in [2.24, 2.45) is 5.92 Å². The van der Waals surface area contributed by atoms with Crippen molar-refractivity contribution in [2.45, 2.75) is 17.5 Å². The second-order valence-electron chi connectivity index (χ2n) is 9.92. The largest absolute Gasteiger partial charge is 0.358 e. The van der Waals surface area contributed by atoms with E-state index in [1.54, 1.807) is 24.3 Å². The molecule has 3 aliphatic rings. The average molecular weight is 571 g/mol. The Labute approximate surface area is 238 Å².